The fraction of sp³-hybridized carbons (Fsp3) is 0.761. The lowest BCUT2D eigenvalue weighted by Gasteiger charge is -2.40. The molecule has 55 heavy (non-hydrogen) atoms. The summed E-state index contributed by atoms with van der Waals surface area (Å²) in [5, 5.41) is 54.0. The van der Waals surface area contributed by atoms with E-state index in [1.54, 1.807) is 6.08 Å². The average molecular weight is 776 g/mol. The number of hydrogen-bond acceptors (Lipinski definition) is 8. The van der Waals surface area contributed by atoms with Crippen LogP contribution < -0.4 is 5.32 Å². The number of nitrogens with one attached hydrogen (secondary N) is 1. The van der Waals surface area contributed by atoms with Crippen molar-refractivity contribution in [2.75, 3.05) is 13.2 Å². The van der Waals surface area contributed by atoms with Crippen molar-refractivity contribution in [3.05, 3.63) is 60.8 Å². The molecular formula is C46H81NO8. The summed E-state index contributed by atoms with van der Waals surface area (Å²) in [4.78, 5) is 12.9. The van der Waals surface area contributed by atoms with Crippen LogP contribution in [-0.4, -0.2) is 87.5 Å². The van der Waals surface area contributed by atoms with Gasteiger partial charge in [-0.3, -0.25) is 4.79 Å². The molecular weight excluding hydrogens is 695 g/mol. The highest BCUT2D eigenvalue weighted by Crippen LogP contribution is 2.22. The third-order valence-electron chi connectivity index (χ3n) is 10.1. The maximum Gasteiger partial charge on any atom is 0.220 e. The zero-order chi connectivity index (χ0) is 40.2. The molecule has 1 heterocycles. The summed E-state index contributed by atoms with van der Waals surface area (Å²) in [6.45, 7) is 3.67. The Hall–Kier alpha value is -2.11. The Labute approximate surface area is 335 Å². The van der Waals surface area contributed by atoms with Crippen molar-refractivity contribution >= 4 is 5.91 Å². The molecule has 0 saturated carbocycles. The predicted octanol–water partition coefficient (Wildman–Crippen LogP) is 8.83. The van der Waals surface area contributed by atoms with Crippen molar-refractivity contribution < 1.29 is 39.8 Å². The maximum absolute atomic E-state index is 12.9. The second kappa shape index (κ2) is 36.2. The largest absolute Gasteiger partial charge is 0.394 e. The van der Waals surface area contributed by atoms with Crippen LogP contribution in [-0.2, 0) is 14.3 Å². The van der Waals surface area contributed by atoms with Crippen LogP contribution >= 0.6 is 0 Å². The maximum atomic E-state index is 12.9. The molecule has 1 aliphatic heterocycles. The Balaban J connectivity index is 2.39. The van der Waals surface area contributed by atoms with Gasteiger partial charge in [0, 0.05) is 6.42 Å². The quantitative estimate of drug-likeness (QED) is 0.0213. The number of rotatable bonds is 35. The first-order valence-electron chi connectivity index (χ1n) is 22.0. The predicted molar refractivity (Wildman–Crippen MR) is 226 cm³/mol. The van der Waals surface area contributed by atoms with Gasteiger partial charge in [-0.15, -0.1) is 0 Å². The monoisotopic (exact) mass is 776 g/mol. The molecule has 0 aromatic heterocycles. The Morgan fingerprint density at radius 3 is 1.64 bits per heavy atom. The first kappa shape index (κ1) is 50.9. The minimum absolute atomic E-state index is 0.199. The van der Waals surface area contributed by atoms with Gasteiger partial charge < -0.3 is 40.3 Å². The van der Waals surface area contributed by atoms with Crippen LogP contribution in [0.1, 0.15) is 168 Å². The summed E-state index contributed by atoms with van der Waals surface area (Å²) in [5.74, 6) is -0.199. The lowest BCUT2D eigenvalue weighted by molar-refractivity contribution is -0.302. The third kappa shape index (κ3) is 27.2. The summed E-state index contributed by atoms with van der Waals surface area (Å²) >= 11 is 0. The highest BCUT2D eigenvalue weighted by Gasteiger charge is 2.44. The van der Waals surface area contributed by atoms with Crippen LogP contribution in [0.4, 0.5) is 0 Å². The number of allylic oxidation sites excluding steroid dienone is 9. The number of aliphatic hydroxyl groups excluding tert-OH is 5. The van der Waals surface area contributed by atoms with Crippen LogP contribution in [0.2, 0.25) is 0 Å². The minimum atomic E-state index is -1.58. The van der Waals surface area contributed by atoms with Gasteiger partial charge in [0.2, 0.25) is 5.91 Å². The van der Waals surface area contributed by atoms with E-state index in [0.717, 1.165) is 57.8 Å². The number of carbonyl (C=O) groups is 1. The van der Waals surface area contributed by atoms with Gasteiger partial charge in [0.15, 0.2) is 6.29 Å². The van der Waals surface area contributed by atoms with Gasteiger partial charge in [-0.2, -0.15) is 0 Å². The molecule has 9 heteroatoms. The first-order valence-corrected chi connectivity index (χ1v) is 22.0. The molecule has 7 unspecified atom stereocenters. The number of unbranched alkanes of at least 4 members (excludes halogenated alkanes) is 18. The molecule has 1 fully saturated rings. The Kier molecular flexibility index (Phi) is 33.5. The van der Waals surface area contributed by atoms with E-state index in [1.165, 1.54) is 89.9 Å². The molecule has 7 atom stereocenters. The van der Waals surface area contributed by atoms with E-state index in [1.807, 2.05) is 6.08 Å². The molecule has 0 spiro atoms. The van der Waals surface area contributed by atoms with Gasteiger partial charge in [0.1, 0.15) is 24.4 Å². The van der Waals surface area contributed by atoms with Crippen molar-refractivity contribution in [1.29, 1.82) is 0 Å². The Bertz CT molecular complexity index is 1040. The highest BCUT2D eigenvalue weighted by molar-refractivity contribution is 5.76. The molecule has 0 aromatic carbocycles. The van der Waals surface area contributed by atoms with Gasteiger partial charge in [0.05, 0.1) is 25.4 Å². The Morgan fingerprint density at radius 2 is 1.09 bits per heavy atom. The fourth-order valence-corrected chi connectivity index (χ4v) is 6.47. The average Bonchev–Trinajstić information content (AvgIpc) is 3.18. The standard InChI is InChI=1S/C46H81NO8/c1-3-5-7-9-11-13-15-17-18-19-20-21-22-24-26-28-30-32-34-36-42(50)47-39(38-54-46-45(53)44(52)43(51)41(37-48)55-46)40(49)35-33-31-29-27-25-23-16-14-12-10-8-6-4-2/h11-15,17,25,27,33,35,39-41,43-46,48-49,51-53H,3-10,16,18-24,26,28-32,34,36-38H2,1-2H3,(H,47,50)/b13-11-,14-12+,17-15-,27-25+,35-33+. The lowest BCUT2D eigenvalue weighted by atomic mass is 9.99. The molecule has 0 radical (unpaired) electrons. The second-order valence-electron chi connectivity index (χ2n) is 15.1. The second-order valence-corrected chi connectivity index (χ2v) is 15.1. The third-order valence-corrected chi connectivity index (χ3v) is 10.1. The number of hydrogen-bond donors (Lipinski definition) is 6. The van der Waals surface area contributed by atoms with Crippen LogP contribution in [0, 0.1) is 0 Å². The van der Waals surface area contributed by atoms with Crippen LogP contribution in [0.15, 0.2) is 60.8 Å². The van der Waals surface area contributed by atoms with Crippen LogP contribution in [0.25, 0.3) is 0 Å². The van der Waals surface area contributed by atoms with E-state index < -0.39 is 49.5 Å². The minimum Gasteiger partial charge on any atom is -0.394 e. The highest BCUT2D eigenvalue weighted by atomic mass is 16.7. The number of carbonyl (C=O) groups excluding carboxylic acids is 1. The van der Waals surface area contributed by atoms with Crippen LogP contribution in [0.5, 0.6) is 0 Å². The van der Waals surface area contributed by atoms with Crippen molar-refractivity contribution in [3.63, 3.8) is 0 Å². The van der Waals surface area contributed by atoms with E-state index in [0.29, 0.717) is 6.42 Å². The summed E-state index contributed by atoms with van der Waals surface area (Å²) < 4.78 is 11.2. The smallest absolute Gasteiger partial charge is 0.220 e. The molecule has 9 nitrogen and oxygen atoms in total. The van der Waals surface area contributed by atoms with Crippen molar-refractivity contribution in [2.24, 2.45) is 0 Å². The normalized spacial score (nSPS) is 21.9. The lowest BCUT2D eigenvalue weighted by Crippen LogP contribution is -2.60. The summed E-state index contributed by atoms with van der Waals surface area (Å²) in [7, 11) is 0. The SMILES string of the molecule is CCCCC/C=C\C=C/CCCCCCCCCCCCC(=O)NC(COC1OC(CO)C(O)C(O)C1O)C(O)/C=C/CC/C=C/CC/C=C/CCCCC. The van der Waals surface area contributed by atoms with E-state index in [2.05, 4.69) is 67.8 Å². The van der Waals surface area contributed by atoms with E-state index >= 15 is 0 Å². The van der Waals surface area contributed by atoms with Crippen molar-refractivity contribution in [2.45, 2.75) is 211 Å². The first-order chi connectivity index (χ1) is 26.8. The van der Waals surface area contributed by atoms with Gasteiger partial charge in [-0.1, -0.05) is 152 Å². The molecule has 1 aliphatic rings. The van der Waals surface area contributed by atoms with Crippen molar-refractivity contribution in [3.8, 4) is 0 Å². The van der Waals surface area contributed by atoms with Gasteiger partial charge >= 0.3 is 0 Å². The molecule has 0 aliphatic carbocycles. The summed E-state index contributed by atoms with van der Waals surface area (Å²) in [6.07, 6.45) is 39.7. The van der Waals surface area contributed by atoms with Crippen molar-refractivity contribution in [1.82, 2.24) is 5.32 Å². The van der Waals surface area contributed by atoms with E-state index in [9.17, 15) is 30.3 Å². The zero-order valence-electron chi connectivity index (χ0n) is 34.7. The Morgan fingerprint density at radius 1 is 0.618 bits per heavy atom. The summed E-state index contributed by atoms with van der Waals surface area (Å²) in [6, 6.07) is -0.830. The summed E-state index contributed by atoms with van der Waals surface area (Å²) in [5.41, 5.74) is 0. The molecule has 1 amide bonds. The number of ether oxygens (including phenoxy) is 2. The van der Waals surface area contributed by atoms with E-state index in [4.69, 9.17) is 9.47 Å². The topological polar surface area (TPSA) is 149 Å². The van der Waals surface area contributed by atoms with Gasteiger partial charge in [0.25, 0.3) is 0 Å². The molecule has 1 saturated heterocycles. The number of aliphatic hydroxyl groups is 5. The number of amides is 1. The molecule has 1 rings (SSSR count). The zero-order valence-corrected chi connectivity index (χ0v) is 34.7. The van der Waals surface area contributed by atoms with E-state index in [-0.39, 0.29) is 12.5 Å². The van der Waals surface area contributed by atoms with Crippen LogP contribution in [0.3, 0.4) is 0 Å². The fourth-order valence-electron chi connectivity index (χ4n) is 6.47. The van der Waals surface area contributed by atoms with Gasteiger partial charge in [-0.05, 0) is 70.6 Å². The molecule has 6 N–H and O–H groups in total. The molecule has 318 valence electrons. The molecule has 0 aromatic rings. The molecule has 0 bridgehead atoms. The van der Waals surface area contributed by atoms with Gasteiger partial charge in [-0.25, -0.2) is 0 Å².